The monoisotopic (exact) mass is 182 g/mol. The van der Waals surface area contributed by atoms with E-state index in [2.05, 4.69) is 19.2 Å². The highest BCUT2D eigenvalue weighted by molar-refractivity contribution is 5.16. The lowest BCUT2D eigenvalue weighted by atomic mass is 10.2. The molecule has 3 N–H and O–H groups in total. The Balaban J connectivity index is 2.44. The molecular weight excluding hydrogens is 164 g/mol. The first-order valence-electron chi connectivity index (χ1n) is 4.76. The van der Waals surface area contributed by atoms with Crippen LogP contribution in [0.5, 0.6) is 0 Å². The molecule has 1 aromatic rings. The number of furan rings is 1. The Morgan fingerprint density at radius 2 is 2.38 bits per heavy atom. The molecule has 0 saturated carbocycles. The zero-order valence-corrected chi connectivity index (χ0v) is 8.34. The topological polar surface area (TPSA) is 51.2 Å². The van der Waals surface area contributed by atoms with E-state index in [1.807, 2.05) is 6.07 Å². The summed E-state index contributed by atoms with van der Waals surface area (Å²) in [6.45, 7) is 5.68. The zero-order chi connectivity index (χ0) is 9.68. The second-order valence-corrected chi connectivity index (χ2v) is 3.24. The average molecular weight is 182 g/mol. The van der Waals surface area contributed by atoms with Crippen LogP contribution in [0.25, 0.3) is 0 Å². The molecule has 13 heavy (non-hydrogen) atoms. The summed E-state index contributed by atoms with van der Waals surface area (Å²) in [5.74, 6) is 1.07. The van der Waals surface area contributed by atoms with E-state index in [9.17, 15) is 0 Å². The molecule has 1 heterocycles. The highest BCUT2D eigenvalue weighted by Gasteiger charge is 2.04. The van der Waals surface area contributed by atoms with Crippen LogP contribution >= 0.6 is 0 Å². The average Bonchev–Trinajstić information content (AvgIpc) is 2.61. The highest BCUT2D eigenvalue weighted by Crippen LogP contribution is 2.10. The molecule has 0 radical (unpaired) electrons. The Bertz CT molecular complexity index is 245. The van der Waals surface area contributed by atoms with E-state index in [0.717, 1.165) is 18.7 Å². The van der Waals surface area contributed by atoms with Gasteiger partial charge in [0.25, 0.3) is 0 Å². The van der Waals surface area contributed by atoms with E-state index in [-0.39, 0.29) is 0 Å². The van der Waals surface area contributed by atoms with Crippen molar-refractivity contribution in [2.24, 2.45) is 5.73 Å². The normalized spacial score (nSPS) is 13.2. The van der Waals surface area contributed by atoms with Gasteiger partial charge in [-0.2, -0.15) is 0 Å². The number of rotatable bonds is 5. The molecule has 0 amide bonds. The van der Waals surface area contributed by atoms with Crippen LogP contribution in [0.2, 0.25) is 0 Å². The smallest absolute Gasteiger partial charge is 0.107 e. The van der Waals surface area contributed by atoms with Gasteiger partial charge >= 0.3 is 0 Å². The second kappa shape index (κ2) is 5.04. The first kappa shape index (κ1) is 10.3. The summed E-state index contributed by atoms with van der Waals surface area (Å²) < 4.78 is 5.31. The number of hydrogen-bond donors (Lipinski definition) is 2. The van der Waals surface area contributed by atoms with Gasteiger partial charge in [0.2, 0.25) is 0 Å². The quantitative estimate of drug-likeness (QED) is 0.721. The molecule has 3 nitrogen and oxygen atoms in total. The van der Waals surface area contributed by atoms with E-state index < -0.39 is 0 Å². The van der Waals surface area contributed by atoms with Gasteiger partial charge in [-0.1, -0.05) is 6.92 Å². The summed E-state index contributed by atoms with van der Waals surface area (Å²) in [6, 6.07) is 2.37. The fraction of sp³-hybridized carbons (Fsp3) is 0.600. The largest absolute Gasteiger partial charge is 0.469 e. The highest BCUT2D eigenvalue weighted by atomic mass is 16.3. The van der Waals surface area contributed by atoms with E-state index in [0.29, 0.717) is 12.6 Å². The Morgan fingerprint density at radius 3 is 3.00 bits per heavy atom. The van der Waals surface area contributed by atoms with Crippen molar-refractivity contribution < 1.29 is 4.42 Å². The van der Waals surface area contributed by atoms with Gasteiger partial charge in [0.05, 0.1) is 6.26 Å². The Morgan fingerprint density at radius 1 is 1.62 bits per heavy atom. The fourth-order valence-corrected chi connectivity index (χ4v) is 1.20. The minimum Gasteiger partial charge on any atom is -0.469 e. The number of aryl methyl sites for hydroxylation is 1. The standard InChI is InChI=1S/C10H18N2O/c1-3-10-9(4-5-13-10)7-12-8(2)6-11/h4-5,8,12H,3,6-7,11H2,1-2H3/t8-/m0/s1. The molecule has 1 rings (SSSR count). The predicted molar refractivity (Wildman–Crippen MR) is 53.4 cm³/mol. The van der Waals surface area contributed by atoms with Crippen molar-refractivity contribution in [3.63, 3.8) is 0 Å². The van der Waals surface area contributed by atoms with Crippen LogP contribution in [0, 0.1) is 0 Å². The summed E-state index contributed by atoms with van der Waals surface area (Å²) in [6.07, 6.45) is 2.68. The number of nitrogens with one attached hydrogen (secondary N) is 1. The molecule has 0 fully saturated rings. The van der Waals surface area contributed by atoms with Crippen molar-refractivity contribution in [1.82, 2.24) is 5.32 Å². The molecule has 0 unspecified atom stereocenters. The van der Waals surface area contributed by atoms with Crippen molar-refractivity contribution in [2.45, 2.75) is 32.9 Å². The van der Waals surface area contributed by atoms with Crippen LogP contribution in [0.1, 0.15) is 25.2 Å². The van der Waals surface area contributed by atoms with Gasteiger partial charge in [0.1, 0.15) is 5.76 Å². The SMILES string of the molecule is CCc1occc1CN[C@@H](C)CN. The van der Waals surface area contributed by atoms with E-state index in [1.165, 1.54) is 5.56 Å². The zero-order valence-electron chi connectivity index (χ0n) is 8.34. The number of nitrogens with two attached hydrogens (primary N) is 1. The molecule has 0 aliphatic rings. The summed E-state index contributed by atoms with van der Waals surface area (Å²) in [5, 5.41) is 3.32. The maximum absolute atomic E-state index is 5.50. The van der Waals surface area contributed by atoms with Crippen LogP contribution in [0.15, 0.2) is 16.7 Å². The van der Waals surface area contributed by atoms with E-state index in [4.69, 9.17) is 10.2 Å². The van der Waals surface area contributed by atoms with Crippen molar-refractivity contribution in [2.75, 3.05) is 6.54 Å². The summed E-state index contributed by atoms with van der Waals surface area (Å²) in [5.41, 5.74) is 6.73. The van der Waals surface area contributed by atoms with Gasteiger partial charge in [-0.15, -0.1) is 0 Å². The lowest BCUT2D eigenvalue weighted by Crippen LogP contribution is -2.32. The molecular formula is C10H18N2O. The molecule has 0 saturated heterocycles. The summed E-state index contributed by atoms with van der Waals surface area (Å²) in [4.78, 5) is 0. The fourth-order valence-electron chi connectivity index (χ4n) is 1.20. The molecule has 0 aliphatic heterocycles. The van der Waals surface area contributed by atoms with Gasteiger partial charge < -0.3 is 15.5 Å². The maximum Gasteiger partial charge on any atom is 0.107 e. The van der Waals surface area contributed by atoms with Gasteiger partial charge in [-0.05, 0) is 13.0 Å². The first-order valence-corrected chi connectivity index (χ1v) is 4.76. The van der Waals surface area contributed by atoms with Crippen molar-refractivity contribution >= 4 is 0 Å². The van der Waals surface area contributed by atoms with Crippen LogP contribution in [0.4, 0.5) is 0 Å². The molecule has 0 aliphatic carbocycles. The third-order valence-electron chi connectivity index (χ3n) is 2.15. The summed E-state index contributed by atoms with van der Waals surface area (Å²) in [7, 11) is 0. The van der Waals surface area contributed by atoms with Crippen molar-refractivity contribution in [3.05, 3.63) is 23.7 Å². The Hall–Kier alpha value is -0.800. The second-order valence-electron chi connectivity index (χ2n) is 3.24. The van der Waals surface area contributed by atoms with Gasteiger partial charge in [0, 0.05) is 31.1 Å². The molecule has 0 aromatic carbocycles. The summed E-state index contributed by atoms with van der Waals surface area (Å²) >= 11 is 0. The maximum atomic E-state index is 5.50. The Kier molecular flexibility index (Phi) is 3.99. The number of hydrogen-bond acceptors (Lipinski definition) is 3. The van der Waals surface area contributed by atoms with Crippen molar-refractivity contribution in [1.29, 1.82) is 0 Å². The lowest BCUT2D eigenvalue weighted by molar-refractivity contribution is 0.500. The van der Waals surface area contributed by atoms with Gasteiger partial charge in [-0.3, -0.25) is 0 Å². The molecule has 0 spiro atoms. The minimum atomic E-state index is 0.361. The first-order chi connectivity index (χ1) is 6.27. The molecule has 0 bridgehead atoms. The van der Waals surface area contributed by atoms with Gasteiger partial charge in [-0.25, -0.2) is 0 Å². The molecule has 74 valence electrons. The van der Waals surface area contributed by atoms with Crippen LogP contribution in [-0.4, -0.2) is 12.6 Å². The van der Waals surface area contributed by atoms with Crippen LogP contribution < -0.4 is 11.1 Å². The molecule has 1 aromatic heterocycles. The third-order valence-corrected chi connectivity index (χ3v) is 2.15. The minimum absolute atomic E-state index is 0.361. The molecule has 3 heteroatoms. The third kappa shape index (κ3) is 2.86. The van der Waals surface area contributed by atoms with E-state index >= 15 is 0 Å². The Labute approximate surface area is 79.3 Å². The van der Waals surface area contributed by atoms with Gasteiger partial charge in [0.15, 0.2) is 0 Å². The van der Waals surface area contributed by atoms with Crippen LogP contribution in [-0.2, 0) is 13.0 Å². The predicted octanol–water partition coefficient (Wildman–Crippen LogP) is 1.28. The van der Waals surface area contributed by atoms with E-state index in [1.54, 1.807) is 6.26 Å². The van der Waals surface area contributed by atoms with Crippen molar-refractivity contribution in [3.8, 4) is 0 Å². The van der Waals surface area contributed by atoms with Crippen LogP contribution in [0.3, 0.4) is 0 Å². The molecule has 1 atom stereocenters. The lowest BCUT2D eigenvalue weighted by Gasteiger charge is -2.10.